The predicted molar refractivity (Wildman–Crippen MR) is 96.7 cm³/mol. The van der Waals surface area contributed by atoms with Gasteiger partial charge in [-0.2, -0.15) is 0 Å². The SMILES string of the molecule is Cc1cc(=O)oc2cc(O[C@@H]3O[C@@H](C(=O)[O-])[C@@H](OS(=O)(=O)[O-])[C@H](O)[C@H]3OS(=O)(=O)[O-])ccc12.[Na+].[Na+].[Na+]. The second-order valence-corrected chi connectivity index (χ2v) is 8.72. The second kappa shape index (κ2) is 14.1. The Morgan fingerprint density at radius 2 is 1.56 bits per heavy atom. The summed E-state index contributed by atoms with van der Waals surface area (Å²) in [6.45, 7) is 1.61. The maximum atomic E-state index is 11.6. The number of hydrogen-bond acceptors (Lipinski definition) is 15. The van der Waals surface area contributed by atoms with E-state index < -0.39 is 63.1 Å². The summed E-state index contributed by atoms with van der Waals surface area (Å²) in [6, 6.07) is 5.00. The molecule has 0 saturated carbocycles. The van der Waals surface area contributed by atoms with Crippen molar-refractivity contribution in [3.63, 3.8) is 0 Å². The largest absolute Gasteiger partial charge is 1.00 e. The van der Waals surface area contributed by atoms with E-state index in [1.165, 1.54) is 18.2 Å². The smallest absolute Gasteiger partial charge is 0.726 e. The average molecular weight is 578 g/mol. The molecule has 1 aliphatic heterocycles. The van der Waals surface area contributed by atoms with Crippen molar-refractivity contribution in [2.75, 3.05) is 0 Å². The quantitative estimate of drug-likeness (QED) is 0.139. The Morgan fingerprint density at radius 3 is 2.08 bits per heavy atom. The monoisotopic (exact) mass is 578 g/mol. The van der Waals surface area contributed by atoms with Crippen LogP contribution in [0.1, 0.15) is 5.56 Å². The fraction of sp³-hybridized carbons (Fsp3) is 0.375. The zero-order valence-electron chi connectivity index (χ0n) is 19.2. The van der Waals surface area contributed by atoms with Crippen molar-refractivity contribution >= 4 is 37.7 Å². The predicted octanol–water partition coefficient (Wildman–Crippen LogP) is -12.0. The summed E-state index contributed by atoms with van der Waals surface area (Å²) in [6.07, 6.45) is -12.2. The van der Waals surface area contributed by atoms with E-state index in [0.29, 0.717) is 10.9 Å². The number of carbonyl (C=O) groups excluding carboxylic acids is 1. The van der Waals surface area contributed by atoms with Crippen LogP contribution in [0.25, 0.3) is 11.0 Å². The van der Waals surface area contributed by atoms with Crippen molar-refractivity contribution in [3.8, 4) is 5.75 Å². The Bertz CT molecular complexity index is 1340. The molecular weight excluding hydrogens is 565 g/mol. The van der Waals surface area contributed by atoms with Gasteiger partial charge in [0, 0.05) is 17.5 Å². The topological polar surface area (TPSA) is 242 Å². The fourth-order valence-electron chi connectivity index (χ4n) is 3.11. The molecule has 1 N–H and O–H groups in total. The summed E-state index contributed by atoms with van der Waals surface area (Å²) in [5.41, 5.74) is -0.180. The number of aliphatic hydroxyl groups excluding tert-OH is 1. The molecule has 20 heteroatoms. The Hall–Kier alpha value is 0.360. The van der Waals surface area contributed by atoms with Crippen LogP contribution in [0, 0.1) is 6.92 Å². The molecule has 36 heavy (non-hydrogen) atoms. The summed E-state index contributed by atoms with van der Waals surface area (Å²) in [5.74, 6) is -2.42. The molecule has 0 aliphatic carbocycles. The van der Waals surface area contributed by atoms with Crippen LogP contribution < -0.4 is 104 Å². The van der Waals surface area contributed by atoms with Crippen LogP contribution in [0.15, 0.2) is 33.5 Å². The second-order valence-electron chi connectivity index (χ2n) is 6.70. The van der Waals surface area contributed by atoms with Crippen LogP contribution in [0.3, 0.4) is 0 Å². The van der Waals surface area contributed by atoms with E-state index in [1.807, 2.05) is 0 Å². The van der Waals surface area contributed by atoms with Crippen LogP contribution in [-0.2, 0) is 38.7 Å². The number of benzene rings is 1. The molecule has 15 nitrogen and oxygen atoms in total. The summed E-state index contributed by atoms with van der Waals surface area (Å²) < 4.78 is 89.3. The van der Waals surface area contributed by atoms with Crippen LogP contribution >= 0.6 is 0 Å². The number of carboxylic acid groups (broad SMARTS) is 1. The summed E-state index contributed by atoms with van der Waals surface area (Å²) in [7, 11) is -11.3. The molecule has 0 radical (unpaired) electrons. The minimum atomic E-state index is -5.65. The van der Waals surface area contributed by atoms with Crippen molar-refractivity contribution in [2.24, 2.45) is 0 Å². The van der Waals surface area contributed by atoms with E-state index in [2.05, 4.69) is 8.37 Å². The molecule has 182 valence electrons. The molecule has 3 rings (SSSR count). The molecule has 0 amide bonds. The third-order valence-corrected chi connectivity index (χ3v) is 5.30. The van der Waals surface area contributed by atoms with E-state index in [1.54, 1.807) is 6.92 Å². The van der Waals surface area contributed by atoms with Crippen LogP contribution in [-0.4, -0.2) is 67.7 Å². The van der Waals surface area contributed by atoms with Gasteiger partial charge in [-0.3, -0.25) is 8.37 Å². The number of fused-ring (bicyclic) bond motifs is 1. The van der Waals surface area contributed by atoms with Gasteiger partial charge in [0.05, 0.1) is 5.97 Å². The Balaban J connectivity index is 0.00000408. The fourth-order valence-corrected chi connectivity index (χ4v) is 4.07. The van der Waals surface area contributed by atoms with Gasteiger partial charge in [0.25, 0.3) is 0 Å². The minimum absolute atomic E-state index is 0. The number of ether oxygens (including phenoxy) is 2. The Kier molecular flexibility index (Phi) is 14.3. The van der Waals surface area contributed by atoms with Gasteiger partial charge in [0.2, 0.25) is 27.1 Å². The molecule has 1 aliphatic rings. The van der Waals surface area contributed by atoms with Crippen molar-refractivity contribution in [3.05, 3.63) is 40.2 Å². The first kappa shape index (κ1) is 36.4. The molecule has 1 saturated heterocycles. The number of aliphatic carboxylic acids is 1. The summed E-state index contributed by atoms with van der Waals surface area (Å²) in [5, 5.41) is 22.2. The number of carbonyl (C=O) groups is 1. The number of rotatable bonds is 7. The van der Waals surface area contributed by atoms with Gasteiger partial charge in [-0.25, -0.2) is 21.6 Å². The van der Waals surface area contributed by atoms with Gasteiger partial charge in [-0.15, -0.1) is 0 Å². The van der Waals surface area contributed by atoms with Crippen molar-refractivity contribution in [1.29, 1.82) is 0 Å². The summed E-state index contributed by atoms with van der Waals surface area (Å²) in [4.78, 5) is 23.0. The number of hydrogen-bond donors (Lipinski definition) is 1. The standard InChI is InChI=1S/C16H16O15S2.3Na/c1-6-4-10(17)28-9-5-7(2-3-8(6)9)27-16-13(31-33(24,25)26)11(18)12(30-32(21,22)23)14(29-16)15(19)20;;;/h2-5,11-14,16,18H,1H3,(H,19,20)(H,21,22,23)(H,24,25,26);;;/q;3*+1/p-3/t11-,12-,13+,14+,16+;;;/m0.../s1. The summed E-state index contributed by atoms with van der Waals surface area (Å²) >= 11 is 0. The first-order valence-corrected chi connectivity index (χ1v) is 11.3. The van der Waals surface area contributed by atoms with Crippen molar-refractivity contribution in [2.45, 2.75) is 37.6 Å². The maximum Gasteiger partial charge on any atom is 1.00 e. The molecule has 0 bridgehead atoms. The zero-order valence-corrected chi connectivity index (χ0v) is 26.8. The van der Waals surface area contributed by atoms with Gasteiger partial charge in [-0.1, -0.05) is 0 Å². The Labute approximate surface area is 270 Å². The van der Waals surface area contributed by atoms with E-state index in [0.717, 1.165) is 6.07 Å². The molecule has 2 aromatic rings. The van der Waals surface area contributed by atoms with E-state index >= 15 is 0 Å². The van der Waals surface area contributed by atoms with Crippen molar-refractivity contribution < 1.29 is 152 Å². The van der Waals surface area contributed by atoms with E-state index in [-0.39, 0.29) is 100 Å². The number of aliphatic hydroxyl groups is 1. The molecule has 2 heterocycles. The third-order valence-electron chi connectivity index (χ3n) is 4.39. The molecule has 5 atom stereocenters. The number of carboxylic acids is 1. The van der Waals surface area contributed by atoms with Gasteiger partial charge >= 0.3 is 94.3 Å². The van der Waals surface area contributed by atoms with Crippen LogP contribution in [0.5, 0.6) is 5.75 Å². The molecule has 1 aromatic heterocycles. The van der Waals surface area contributed by atoms with Crippen molar-refractivity contribution in [1.82, 2.24) is 0 Å². The van der Waals surface area contributed by atoms with Gasteiger partial charge in [-0.05, 0) is 24.6 Å². The van der Waals surface area contributed by atoms with Crippen LogP contribution in [0.4, 0.5) is 0 Å². The first-order chi connectivity index (χ1) is 15.1. The molecular formula is C16H13Na3O15S2. The van der Waals surface area contributed by atoms with Crippen LogP contribution in [0.2, 0.25) is 0 Å². The van der Waals surface area contributed by atoms with Gasteiger partial charge in [0.1, 0.15) is 29.6 Å². The first-order valence-electron chi connectivity index (χ1n) is 8.68. The molecule has 0 spiro atoms. The van der Waals surface area contributed by atoms with E-state index in [9.17, 15) is 45.7 Å². The molecule has 1 aromatic carbocycles. The number of aryl methyl sites for hydroxylation is 1. The van der Waals surface area contributed by atoms with Gasteiger partial charge in [0.15, 0.2) is 6.10 Å². The molecule has 1 fully saturated rings. The minimum Gasteiger partial charge on any atom is -0.726 e. The normalized spacial score (nSPS) is 24.1. The maximum absolute atomic E-state index is 11.6. The third kappa shape index (κ3) is 9.53. The van der Waals surface area contributed by atoms with Gasteiger partial charge < -0.3 is 38.0 Å². The molecule has 0 unspecified atom stereocenters. The van der Waals surface area contributed by atoms with E-state index in [4.69, 9.17) is 13.9 Å². The average Bonchev–Trinajstić information content (AvgIpc) is 2.64. The zero-order chi connectivity index (χ0) is 24.7. The Morgan fingerprint density at radius 1 is 1.00 bits per heavy atom.